The van der Waals surface area contributed by atoms with E-state index in [1.165, 1.54) is 0 Å². The van der Waals surface area contributed by atoms with Crippen LogP contribution in [0.5, 0.6) is 0 Å². The fourth-order valence-electron chi connectivity index (χ4n) is 1.80. The topological polar surface area (TPSA) is 73.1 Å². The zero-order valence-corrected chi connectivity index (χ0v) is 9.35. The van der Waals surface area contributed by atoms with Crippen LogP contribution in [0.15, 0.2) is 12.3 Å². The summed E-state index contributed by atoms with van der Waals surface area (Å²) in [5.41, 5.74) is 5.49. The van der Waals surface area contributed by atoms with Crippen LogP contribution in [0, 0.1) is 5.92 Å². The van der Waals surface area contributed by atoms with Crippen molar-refractivity contribution in [3.8, 4) is 0 Å². The molecule has 2 rings (SSSR count). The number of nitrogens with two attached hydrogens (primary N) is 1. The summed E-state index contributed by atoms with van der Waals surface area (Å²) in [6, 6.07) is 1.87. The zero-order chi connectivity index (χ0) is 11.2. The average molecular weight is 222 g/mol. The lowest BCUT2D eigenvalue weighted by Gasteiger charge is -2.22. The Labute approximate surface area is 95.4 Å². The standard InChI is InChI=1S/C11H18N4O/c12-7-11-13-4-1-10(15-11)14-8-9-2-5-16-6-3-9/h1,4,9H,2-3,5-8,12H2,(H,13,14,15). The molecule has 1 aliphatic rings. The fraction of sp³-hybridized carbons (Fsp3) is 0.636. The molecule has 5 nitrogen and oxygen atoms in total. The maximum absolute atomic E-state index is 5.49. The van der Waals surface area contributed by atoms with Crippen LogP contribution in [0.1, 0.15) is 18.7 Å². The van der Waals surface area contributed by atoms with E-state index < -0.39 is 0 Å². The monoisotopic (exact) mass is 222 g/mol. The van der Waals surface area contributed by atoms with Crippen LogP contribution in [-0.2, 0) is 11.3 Å². The molecule has 0 unspecified atom stereocenters. The number of hydrogen-bond donors (Lipinski definition) is 2. The summed E-state index contributed by atoms with van der Waals surface area (Å²) in [5.74, 6) is 2.23. The minimum atomic E-state index is 0.382. The summed E-state index contributed by atoms with van der Waals surface area (Å²) >= 11 is 0. The smallest absolute Gasteiger partial charge is 0.144 e. The van der Waals surface area contributed by atoms with Crippen molar-refractivity contribution in [1.29, 1.82) is 0 Å². The highest BCUT2D eigenvalue weighted by molar-refractivity contribution is 5.32. The minimum Gasteiger partial charge on any atom is -0.381 e. The Kier molecular flexibility index (Phi) is 4.07. The van der Waals surface area contributed by atoms with Gasteiger partial charge in [-0.3, -0.25) is 0 Å². The predicted octanol–water partition coefficient (Wildman–Crippen LogP) is 0.774. The number of ether oxygens (including phenoxy) is 1. The van der Waals surface area contributed by atoms with Crippen LogP contribution in [0.4, 0.5) is 5.82 Å². The maximum atomic E-state index is 5.49. The Bertz CT molecular complexity index is 326. The highest BCUT2D eigenvalue weighted by Crippen LogP contribution is 2.15. The van der Waals surface area contributed by atoms with Crippen molar-refractivity contribution in [2.45, 2.75) is 19.4 Å². The summed E-state index contributed by atoms with van der Waals surface area (Å²) in [6.45, 7) is 3.09. The summed E-state index contributed by atoms with van der Waals surface area (Å²) in [6.07, 6.45) is 3.99. The van der Waals surface area contributed by atoms with Crippen LogP contribution in [0.2, 0.25) is 0 Å². The number of anilines is 1. The average Bonchev–Trinajstić information content (AvgIpc) is 2.38. The van der Waals surface area contributed by atoms with Crippen molar-refractivity contribution in [1.82, 2.24) is 9.97 Å². The Morgan fingerprint density at radius 2 is 2.25 bits per heavy atom. The number of nitrogens with zero attached hydrogens (tertiary/aromatic N) is 2. The van der Waals surface area contributed by atoms with Gasteiger partial charge < -0.3 is 15.8 Å². The third-order valence-corrected chi connectivity index (χ3v) is 2.80. The molecular weight excluding hydrogens is 204 g/mol. The maximum Gasteiger partial charge on any atom is 0.144 e. The van der Waals surface area contributed by atoms with Gasteiger partial charge in [0.2, 0.25) is 0 Å². The summed E-state index contributed by atoms with van der Waals surface area (Å²) in [5, 5.41) is 3.33. The first-order valence-electron chi connectivity index (χ1n) is 5.72. The largest absolute Gasteiger partial charge is 0.381 e. The SMILES string of the molecule is NCc1nccc(NCC2CCOCC2)n1. The van der Waals surface area contributed by atoms with Crippen molar-refractivity contribution in [2.75, 3.05) is 25.1 Å². The van der Waals surface area contributed by atoms with Gasteiger partial charge in [0.05, 0.1) is 6.54 Å². The first-order valence-corrected chi connectivity index (χ1v) is 5.72. The van der Waals surface area contributed by atoms with E-state index in [2.05, 4.69) is 15.3 Å². The molecule has 1 aromatic rings. The highest BCUT2D eigenvalue weighted by atomic mass is 16.5. The molecule has 0 atom stereocenters. The van der Waals surface area contributed by atoms with Gasteiger partial charge in [0.25, 0.3) is 0 Å². The molecule has 0 saturated carbocycles. The Hall–Kier alpha value is -1.20. The van der Waals surface area contributed by atoms with Gasteiger partial charge in [0.1, 0.15) is 11.6 Å². The van der Waals surface area contributed by atoms with E-state index >= 15 is 0 Å². The molecule has 1 aliphatic heterocycles. The Morgan fingerprint density at radius 1 is 1.44 bits per heavy atom. The normalized spacial score (nSPS) is 17.3. The van der Waals surface area contributed by atoms with E-state index in [0.717, 1.165) is 38.4 Å². The second-order valence-electron chi connectivity index (χ2n) is 4.00. The molecule has 16 heavy (non-hydrogen) atoms. The highest BCUT2D eigenvalue weighted by Gasteiger charge is 2.13. The van der Waals surface area contributed by atoms with Crippen molar-refractivity contribution >= 4 is 5.82 Å². The van der Waals surface area contributed by atoms with E-state index in [-0.39, 0.29) is 0 Å². The zero-order valence-electron chi connectivity index (χ0n) is 9.35. The molecule has 1 fully saturated rings. The van der Waals surface area contributed by atoms with E-state index in [0.29, 0.717) is 18.3 Å². The van der Waals surface area contributed by atoms with Crippen LogP contribution in [0.3, 0.4) is 0 Å². The third-order valence-electron chi connectivity index (χ3n) is 2.80. The van der Waals surface area contributed by atoms with Gasteiger partial charge in [-0.15, -0.1) is 0 Å². The molecule has 88 valence electrons. The second-order valence-corrected chi connectivity index (χ2v) is 4.00. The fourth-order valence-corrected chi connectivity index (χ4v) is 1.80. The van der Waals surface area contributed by atoms with E-state index in [4.69, 9.17) is 10.5 Å². The van der Waals surface area contributed by atoms with Gasteiger partial charge in [-0.1, -0.05) is 0 Å². The van der Waals surface area contributed by atoms with Gasteiger partial charge >= 0.3 is 0 Å². The molecule has 3 N–H and O–H groups in total. The van der Waals surface area contributed by atoms with Crippen molar-refractivity contribution in [3.63, 3.8) is 0 Å². The van der Waals surface area contributed by atoms with Crippen molar-refractivity contribution in [2.24, 2.45) is 11.7 Å². The molecule has 0 spiro atoms. The first kappa shape index (κ1) is 11.3. The van der Waals surface area contributed by atoms with E-state index in [1.54, 1.807) is 6.20 Å². The summed E-state index contributed by atoms with van der Waals surface area (Å²) in [4.78, 5) is 8.35. The molecule has 2 heterocycles. The third kappa shape index (κ3) is 3.15. The van der Waals surface area contributed by atoms with Crippen molar-refractivity contribution in [3.05, 3.63) is 18.1 Å². The van der Waals surface area contributed by atoms with E-state index in [9.17, 15) is 0 Å². The van der Waals surface area contributed by atoms with Crippen LogP contribution in [-0.4, -0.2) is 29.7 Å². The molecule has 0 radical (unpaired) electrons. The lowest BCUT2D eigenvalue weighted by atomic mass is 10.0. The summed E-state index contributed by atoms with van der Waals surface area (Å²) < 4.78 is 5.32. The molecular formula is C11H18N4O. The van der Waals surface area contributed by atoms with Gasteiger partial charge in [0.15, 0.2) is 0 Å². The number of aromatic nitrogens is 2. The minimum absolute atomic E-state index is 0.382. The van der Waals surface area contributed by atoms with Gasteiger partial charge in [-0.25, -0.2) is 9.97 Å². The number of nitrogens with one attached hydrogen (secondary N) is 1. The molecule has 1 saturated heterocycles. The molecule has 1 aromatic heterocycles. The van der Waals surface area contributed by atoms with Gasteiger partial charge in [0, 0.05) is 26.0 Å². The van der Waals surface area contributed by atoms with Crippen LogP contribution in [0.25, 0.3) is 0 Å². The lowest BCUT2D eigenvalue weighted by Crippen LogP contribution is -2.23. The Morgan fingerprint density at radius 3 is 3.00 bits per heavy atom. The Balaban J connectivity index is 1.83. The second kappa shape index (κ2) is 5.77. The lowest BCUT2D eigenvalue weighted by molar-refractivity contribution is 0.0699. The first-order chi connectivity index (χ1) is 7.88. The van der Waals surface area contributed by atoms with Gasteiger partial charge in [-0.2, -0.15) is 0 Å². The molecule has 0 amide bonds. The predicted molar refractivity (Wildman–Crippen MR) is 62.0 cm³/mol. The van der Waals surface area contributed by atoms with Gasteiger partial charge in [-0.05, 0) is 24.8 Å². The van der Waals surface area contributed by atoms with Crippen molar-refractivity contribution < 1.29 is 4.74 Å². The summed E-state index contributed by atoms with van der Waals surface area (Å²) in [7, 11) is 0. The number of rotatable bonds is 4. The van der Waals surface area contributed by atoms with Crippen LogP contribution >= 0.6 is 0 Å². The quantitative estimate of drug-likeness (QED) is 0.787. The molecule has 0 aromatic carbocycles. The number of hydrogen-bond acceptors (Lipinski definition) is 5. The molecule has 0 bridgehead atoms. The van der Waals surface area contributed by atoms with Crippen LogP contribution < -0.4 is 11.1 Å². The molecule has 0 aliphatic carbocycles. The molecule has 5 heteroatoms. The van der Waals surface area contributed by atoms with E-state index in [1.807, 2.05) is 6.07 Å².